The smallest absolute Gasteiger partial charge is 0.322 e. The number of hydrogen-bond donors (Lipinski definition) is 1. The van der Waals surface area contributed by atoms with Gasteiger partial charge < -0.3 is 14.2 Å². The molecule has 1 aliphatic carbocycles. The Kier molecular flexibility index (Phi) is 7.28. The summed E-state index contributed by atoms with van der Waals surface area (Å²) in [7, 11) is 2.14. The second-order valence-electron chi connectivity index (χ2n) is 4.74. The van der Waals surface area contributed by atoms with Gasteiger partial charge in [0, 0.05) is 32.3 Å². The SMILES string of the molecule is CCC(C[SiH](OC)OC)NC1CCCCC1. The van der Waals surface area contributed by atoms with Gasteiger partial charge in [0.05, 0.1) is 0 Å². The van der Waals surface area contributed by atoms with Crippen LogP contribution in [0.2, 0.25) is 6.04 Å². The Morgan fingerprint density at radius 1 is 1.19 bits per heavy atom. The van der Waals surface area contributed by atoms with Crippen molar-refractivity contribution in [2.75, 3.05) is 14.2 Å². The van der Waals surface area contributed by atoms with E-state index >= 15 is 0 Å². The second-order valence-corrected chi connectivity index (χ2v) is 7.02. The summed E-state index contributed by atoms with van der Waals surface area (Å²) in [4.78, 5) is 0. The summed E-state index contributed by atoms with van der Waals surface area (Å²) in [5.74, 6) is 0. The first-order chi connectivity index (χ1) is 7.80. The van der Waals surface area contributed by atoms with Gasteiger partial charge in [0.15, 0.2) is 0 Å². The maximum Gasteiger partial charge on any atom is 0.322 e. The maximum absolute atomic E-state index is 5.40. The van der Waals surface area contributed by atoms with Crippen LogP contribution in [-0.4, -0.2) is 35.6 Å². The summed E-state index contributed by atoms with van der Waals surface area (Å²) in [5.41, 5.74) is 0. The van der Waals surface area contributed by atoms with E-state index in [1.54, 1.807) is 14.2 Å². The van der Waals surface area contributed by atoms with Gasteiger partial charge in [0.25, 0.3) is 0 Å². The first kappa shape index (κ1) is 14.2. The molecule has 0 saturated heterocycles. The molecule has 1 rings (SSSR count). The molecule has 0 aromatic rings. The van der Waals surface area contributed by atoms with Crippen LogP contribution in [0.1, 0.15) is 45.4 Å². The predicted molar refractivity (Wildman–Crippen MR) is 70.1 cm³/mol. The summed E-state index contributed by atoms with van der Waals surface area (Å²) >= 11 is 0. The van der Waals surface area contributed by atoms with Crippen molar-refractivity contribution in [3.8, 4) is 0 Å². The average Bonchev–Trinajstić information content (AvgIpc) is 2.35. The third-order valence-electron chi connectivity index (χ3n) is 3.57. The molecule has 0 aromatic heterocycles. The summed E-state index contributed by atoms with van der Waals surface area (Å²) in [5, 5.41) is 3.78. The van der Waals surface area contributed by atoms with Crippen LogP contribution in [0.5, 0.6) is 0 Å². The topological polar surface area (TPSA) is 30.5 Å². The molecule has 0 spiro atoms. The van der Waals surface area contributed by atoms with E-state index in [-0.39, 0.29) is 0 Å². The summed E-state index contributed by atoms with van der Waals surface area (Å²) < 4.78 is 10.8. The fourth-order valence-electron chi connectivity index (χ4n) is 2.48. The molecule has 96 valence electrons. The van der Waals surface area contributed by atoms with Crippen LogP contribution in [-0.2, 0) is 8.85 Å². The molecular weight excluding hydrogens is 218 g/mol. The highest BCUT2D eigenvalue weighted by atomic mass is 28.3. The molecule has 1 saturated carbocycles. The van der Waals surface area contributed by atoms with Crippen molar-refractivity contribution in [1.82, 2.24) is 5.32 Å². The Bertz CT molecular complexity index is 170. The van der Waals surface area contributed by atoms with Crippen molar-refractivity contribution in [3.63, 3.8) is 0 Å². The predicted octanol–water partition coefficient (Wildman–Crippen LogP) is 2.20. The van der Waals surface area contributed by atoms with Gasteiger partial charge in [-0.3, -0.25) is 0 Å². The van der Waals surface area contributed by atoms with Crippen molar-refractivity contribution in [2.45, 2.75) is 63.6 Å². The molecule has 0 amide bonds. The van der Waals surface area contributed by atoms with Crippen LogP contribution in [0.3, 0.4) is 0 Å². The lowest BCUT2D eigenvalue weighted by atomic mass is 9.95. The van der Waals surface area contributed by atoms with E-state index in [2.05, 4.69) is 12.2 Å². The van der Waals surface area contributed by atoms with E-state index in [9.17, 15) is 0 Å². The molecular formula is C12H27NO2Si. The minimum absolute atomic E-state index is 0.583. The molecule has 1 unspecified atom stereocenters. The summed E-state index contributed by atoms with van der Waals surface area (Å²) in [6, 6.07) is 2.40. The quantitative estimate of drug-likeness (QED) is 0.698. The van der Waals surface area contributed by atoms with Gasteiger partial charge in [-0.1, -0.05) is 26.2 Å². The lowest BCUT2D eigenvalue weighted by Gasteiger charge is -2.29. The zero-order valence-electron chi connectivity index (χ0n) is 11.0. The molecule has 1 fully saturated rings. The summed E-state index contributed by atoms with van der Waals surface area (Å²) in [6.07, 6.45) is 8.08. The molecule has 4 heteroatoms. The third-order valence-corrected chi connectivity index (χ3v) is 5.58. The molecule has 1 atom stereocenters. The minimum Gasteiger partial charge on any atom is -0.400 e. The number of nitrogens with one attached hydrogen (secondary N) is 1. The Morgan fingerprint density at radius 3 is 2.31 bits per heavy atom. The van der Waals surface area contributed by atoms with E-state index in [1.807, 2.05) is 0 Å². The van der Waals surface area contributed by atoms with Crippen molar-refractivity contribution in [2.24, 2.45) is 0 Å². The van der Waals surface area contributed by atoms with Gasteiger partial charge in [-0.15, -0.1) is 0 Å². The minimum atomic E-state index is -1.40. The molecule has 0 heterocycles. The zero-order valence-corrected chi connectivity index (χ0v) is 12.2. The fraction of sp³-hybridized carbons (Fsp3) is 1.00. The molecule has 1 aliphatic rings. The normalized spacial score (nSPS) is 20.2. The van der Waals surface area contributed by atoms with Gasteiger partial charge in [0.1, 0.15) is 0 Å². The van der Waals surface area contributed by atoms with Crippen molar-refractivity contribution in [3.05, 3.63) is 0 Å². The van der Waals surface area contributed by atoms with E-state index in [1.165, 1.54) is 38.5 Å². The van der Waals surface area contributed by atoms with Gasteiger partial charge in [-0.2, -0.15) is 0 Å². The largest absolute Gasteiger partial charge is 0.400 e. The van der Waals surface area contributed by atoms with E-state index in [0.29, 0.717) is 6.04 Å². The fourth-order valence-corrected chi connectivity index (χ4v) is 3.99. The van der Waals surface area contributed by atoms with Crippen molar-refractivity contribution < 1.29 is 8.85 Å². The van der Waals surface area contributed by atoms with Crippen molar-refractivity contribution in [1.29, 1.82) is 0 Å². The second kappa shape index (κ2) is 8.23. The van der Waals surface area contributed by atoms with Crippen LogP contribution in [0.15, 0.2) is 0 Å². The lowest BCUT2D eigenvalue weighted by Crippen LogP contribution is -2.42. The Hall–Kier alpha value is 0.0969. The van der Waals surface area contributed by atoms with Crippen LogP contribution in [0, 0.1) is 0 Å². The lowest BCUT2D eigenvalue weighted by molar-refractivity contribution is 0.264. The number of rotatable bonds is 7. The van der Waals surface area contributed by atoms with Gasteiger partial charge >= 0.3 is 9.28 Å². The molecule has 0 radical (unpaired) electrons. The zero-order chi connectivity index (χ0) is 11.8. The van der Waals surface area contributed by atoms with Crippen LogP contribution < -0.4 is 5.32 Å². The highest BCUT2D eigenvalue weighted by Gasteiger charge is 2.21. The van der Waals surface area contributed by atoms with E-state index in [4.69, 9.17) is 8.85 Å². The van der Waals surface area contributed by atoms with Crippen molar-refractivity contribution >= 4 is 9.28 Å². The van der Waals surface area contributed by atoms with Gasteiger partial charge in [-0.25, -0.2) is 0 Å². The standard InChI is InChI=1S/C12H27NO2Si/c1-4-11(10-16(14-2)15-3)13-12-8-6-5-7-9-12/h11-13,16H,4-10H2,1-3H3. The monoisotopic (exact) mass is 245 g/mol. The van der Waals surface area contributed by atoms with Gasteiger partial charge in [0.2, 0.25) is 0 Å². The Labute approximate surface area is 102 Å². The van der Waals surface area contributed by atoms with E-state index in [0.717, 1.165) is 12.1 Å². The first-order valence-corrected chi connectivity index (χ1v) is 8.37. The third kappa shape index (κ3) is 4.95. The van der Waals surface area contributed by atoms with Crippen LogP contribution >= 0.6 is 0 Å². The highest BCUT2D eigenvalue weighted by Crippen LogP contribution is 2.19. The molecule has 0 bridgehead atoms. The molecule has 3 nitrogen and oxygen atoms in total. The van der Waals surface area contributed by atoms with E-state index < -0.39 is 9.28 Å². The molecule has 16 heavy (non-hydrogen) atoms. The van der Waals surface area contributed by atoms with Gasteiger partial charge in [-0.05, 0) is 19.3 Å². The number of hydrogen-bond acceptors (Lipinski definition) is 3. The molecule has 0 aliphatic heterocycles. The maximum atomic E-state index is 5.40. The van der Waals surface area contributed by atoms with Crippen LogP contribution in [0.25, 0.3) is 0 Å². The Morgan fingerprint density at radius 2 is 1.81 bits per heavy atom. The molecule has 0 aromatic carbocycles. The highest BCUT2D eigenvalue weighted by molar-refractivity contribution is 6.44. The Balaban J connectivity index is 2.29. The molecule has 1 N–H and O–H groups in total. The average molecular weight is 245 g/mol. The van der Waals surface area contributed by atoms with Crippen LogP contribution in [0.4, 0.5) is 0 Å². The summed E-state index contributed by atoms with van der Waals surface area (Å²) in [6.45, 7) is 2.25. The first-order valence-electron chi connectivity index (χ1n) is 6.61.